The van der Waals surface area contributed by atoms with E-state index in [1.807, 2.05) is 18.3 Å². The maximum atomic E-state index is 5.85. The Morgan fingerprint density at radius 3 is 3.06 bits per heavy atom. The van der Waals surface area contributed by atoms with Gasteiger partial charge in [0.15, 0.2) is 0 Å². The van der Waals surface area contributed by atoms with Crippen molar-refractivity contribution in [3.8, 4) is 0 Å². The molecule has 3 nitrogen and oxygen atoms in total. The van der Waals surface area contributed by atoms with Gasteiger partial charge in [-0.3, -0.25) is 9.88 Å². The zero-order valence-electron chi connectivity index (χ0n) is 9.47. The van der Waals surface area contributed by atoms with Crippen molar-refractivity contribution in [2.75, 3.05) is 19.0 Å². The number of rotatable bonds is 3. The number of halogens is 1. The van der Waals surface area contributed by atoms with E-state index in [9.17, 15) is 0 Å². The van der Waals surface area contributed by atoms with E-state index < -0.39 is 0 Å². The molecule has 1 aliphatic heterocycles. The van der Waals surface area contributed by atoms with Gasteiger partial charge in [0.05, 0.1) is 17.9 Å². The smallest absolute Gasteiger partial charge is 0.0841 e. The molecule has 88 valence electrons. The Morgan fingerprint density at radius 1 is 1.50 bits per heavy atom. The molecule has 1 aromatic heterocycles. The monoisotopic (exact) mass is 240 g/mol. The van der Waals surface area contributed by atoms with Crippen LogP contribution >= 0.6 is 11.6 Å². The van der Waals surface area contributed by atoms with Crippen molar-refractivity contribution >= 4 is 11.6 Å². The van der Waals surface area contributed by atoms with Crippen LogP contribution in [-0.2, 0) is 11.3 Å². The van der Waals surface area contributed by atoms with Gasteiger partial charge in [-0.15, -0.1) is 11.6 Å². The van der Waals surface area contributed by atoms with Crippen molar-refractivity contribution < 1.29 is 4.74 Å². The molecule has 1 aliphatic rings. The first-order valence-corrected chi connectivity index (χ1v) is 6.15. The Hall–Kier alpha value is -0.640. The van der Waals surface area contributed by atoms with Crippen LogP contribution in [0.3, 0.4) is 0 Å². The maximum Gasteiger partial charge on any atom is 0.0841 e. The first-order valence-electron chi connectivity index (χ1n) is 5.61. The van der Waals surface area contributed by atoms with Gasteiger partial charge in [0.25, 0.3) is 0 Å². The van der Waals surface area contributed by atoms with E-state index in [0.29, 0.717) is 5.88 Å². The summed E-state index contributed by atoms with van der Waals surface area (Å²) in [7, 11) is 0. The predicted molar refractivity (Wildman–Crippen MR) is 64.6 cm³/mol. The number of alkyl halides is 1. The fraction of sp³-hybridized carbons (Fsp3) is 0.583. The molecule has 1 saturated heterocycles. The van der Waals surface area contributed by atoms with Crippen LogP contribution in [0.5, 0.6) is 0 Å². The SMILES string of the molecule is CC1CN(Cc2ccccn2)CC(CCl)O1. The van der Waals surface area contributed by atoms with Crippen molar-refractivity contribution in [2.45, 2.75) is 25.7 Å². The third-order valence-corrected chi connectivity index (χ3v) is 3.03. The fourth-order valence-electron chi connectivity index (χ4n) is 2.08. The maximum absolute atomic E-state index is 5.85. The highest BCUT2D eigenvalue weighted by molar-refractivity contribution is 6.18. The lowest BCUT2D eigenvalue weighted by Crippen LogP contribution is -2.46. The minimum Gasteiger partial charge on any atom is -0.371 e. The molecule has 1 aromatic rings. The van der Waals surface area contributed by atoms with E-state index in [-0.39, 0.29) is 12.2 Å². The Kier molecular flexibility index (Phi) is 4.16. The molecule has 2 rings (SSSR count). The van der Waals surface area contributed by atoms with Crippen molar-refractivity contribution in [3.63, 3.8) is 0 Å². The van der Waals surface area contributed by atoms with Gasteiger partial charge in [-0.25, -0.2) is 0 Å². The van der Waals surface area contributed by atoms with Crippen LogP contribution in [0.2, 0.25) is 0 Å². The van der Waals surface area contributed by atoms with Gasteiger partial charge < -0.3 is 4.74 Å². The van der Waals surface area contributed by atoms with Gasteiger partial charge in [0.2, 0.25) is 0 Å². The third-order valence-electron chi connectivity index (χ3n) is 2.69. The molecule has 2 unspecified atom stereocenters. The molecule has 0 spiro atoms. The summed E-state index contributed by atoms with van der Waals surface area (Å²) in [5, 5.41) is 0. The molecule has 0 saturated carbocycles. The van der Waals surface area contributed by atoms with Crippen LogP contribution in [0.1, 0.15) is 12.6 Å². The van der Waals surface area contributed by atoms with Gasteiger partial charge in [0, 0.05) is 31.7 Å². The van der Waals surface area contributed by atoms with Crippen molar-refractivity contribution in [1.82, 2.24) is 9.88 Å². The zero-order valence-corrected chi connectivity index (χ0v) is 10.2. The van der Waals surface area contributed by atoms with Crippen LogP contribution in [0, 0.1) is 0 Å². The lowest BCUT2D eigenvalue weighted by molar-refractivity contribution is -0.0691. The lowest BCUT2D eigenvalue weighted by Gasteiger charge is -2.35. The van der Waals surface area contributed by atoms with Gasteiger partial charge in [-0.2, -0.15) is 0 Å². The topological polar surface area (TPSA) is 25.4 Å². The number of nitrogens with zero attached hydrogens (tertiary/aromatic N) is 2. The van der Waals surface area contributed by atoms with Gasteiger partial charge in [0.1, 0.15) is 0 Å². The first kappa shape index (κ1) is 11.8. The highest BCUT2D eigenvalue weighted by Crippen LogP contribution is 2.14. The highest BCUT2D eigenvalue weighted by Gasteiger charge is 2.24. The molecule has 0 amide bonds. The number of morpholine rings is 1. The fourth-order valence-corrected chi connectivity index (χ4v) is 2.25. The summed E-state index contributed by atoms with van der Waals surface area (Å²) in [6, 6.07) is 6.01. The molecular formula is C12H17ClN2O. The summed E-state index contributed by atoms with van der Waals surface area (Å²) < 4.78 is 5.71. The summed E-state index contributed by atoms with van der Waals surface area (Å²) in [5.74, 6) is 0.559. The summed E-state index contributed by atoms with van der Waals surface area (Å²) in [4.78, 5) is 6.68. The van der Waals surface area contributed by atoms with E-state index in [1.54, 1.807) is 0 Å². The molecule has 16 heavy (non-hydrogen) atoms. The second kappa shape index (κ2) is 5.62. The molecule has 0 aliphatic carbocycles. The van der Waals surface area contributed by atoms with Gasteiger partial charge in [-0.1, -0.05) is 6.07 Å². The van der Waals surface area contributed by atoms with Crippen molar-refractivity contribution in [1.29, 1.82) is 0 Å². The Morgan fingerprint density at radius 2 is 2.38 bits per heavy atom. The van der Waals surface area contributed by atoms with Crippen LogP contribution in [-0.4, -0.2) is 41.1 Å². The number of aromatic nitrogens is 1. The predicted octanol–water partition coefficient (Wildman–Crippen LogP) is 1.91. The molecule has 0 bridgehead atoms. The number of hydrogen-bond donors (Lipinski definition) is 0. The lowest BCUT2D eigenvalue weighted by atomic mass is 10.2. The Bertz CT molecular complexity index is 320. The third kappa shape index (κ3) is 3.17. The Labute approximate surface area is 101 Å². The van der Waals surface area contributed by atoms with Crippen molar-refractivity contribution in [3.05, 3.63) is 30.1 Å². The number of ether oxygens (including phenoxy) is 1. The number of hydrogen-bond acceptors (Lipinski definition) is 3. The summed E-state index contributed by atoms with van der Waals surface area (Å²) in [5.41, 5.74) is 1.10. The molecule has 0 radical (unpaired) electrons. The molecular weight excluding hydrogens is 224 g/mol. The van der Waals surface area contributed by atoms with Gasteiger partial charge >= 0.3 is 0 Å². The van der Waals surface area contributed by atoms with Crippen LogP contribution in [0.15, 0.2) is 24.4 Å². The van der Waals surface area contributed by atoms with E-state index in [4.69, 9.17) is 16.3 Å². The average molecular weight is 241 g/mol. The van der Waals surface area contributed by atoms with E-state index in [2.05, 4.69) is 22.9 Å². The van der Waals surface area contributed by atoms with E-state index in [1.165, 1.54) is 0 Å². The van der Waals surface area contributed by atoms with Gasteiger partial charge in [-0.05, 0) is 19.1 Å². The van der Waals surface area contributed by atoms with E-state index >= 15 is 0 Å². The first-order chi connectivity index (χ1) is 7.78. The summed E-state index contributed by atoms with van der Waals surface area (Å²) in [6.45, 7) is 4.81. The minimum absolute atomic E-state index is 0.147. The summed E-state index contributed by atoms with van der Waals surface area (Å²) >= 11 is 5.85. The standard InChI is InChI=1S/C12H17ClN2O/c1-10-7-15(9-12(6-13)16-10)8-11-4-2-3-5-14-11/h2-5,10,12H,6-9H2,1H3. The van der Waals surface area contributed by atoms with Crippen LogP contribution < -0.4 is 0 Å². The Balaban J connectivity index is 1.94. The molecule has 2 atom stereocenters. The second-order valence-electron chi connectivity index (χ2n) is 4.24. The van der Waals surface area contributed by atoms with Crippen LogP contribution in [0.25, 0.3) is 0 Å². The molecule has 0 N–H and O–H groups in total. The molecule has 1 fully saturated rings. The minimum atomic E-state index is 0.147. The summed E-state index contributed by atoms with van der Waals surface area (Å²) in [6.07, 6.45) is 2.23. The number of pyridine rings is 1. The molecule has 0 aromatic carbocycles. The normalized spacial score (nSPS) is 26.9. The zero-order chi connectivity index (χ0) is 11.4. The van der Waals surface area contributed by atoms with Crippen molar-refractivity contribution in [2.24, 2.45) is 0 Å². The molecule has 2 heterocycles. The van der Waals surface area contributed by atoms with E-state index in [0.717, 1.165) is 25.3 Å². The molecule has 4 heteroatoms. The highest BCUT2D eigenvalue weighted by atomic mass is 35.5. The average Bonchev–Trinajstić information content (AvgIpc) is 2.29. The quantitative estimate of drug-likeness (QED) is 0.755. The largest absolute Gasteiger partial charge is 0.371 e. The second-order valence-corrected chi connectivity index (χ2v) is 4.55. The van der Waals surface area contributed by atoms with Crippen LogP contribution in [0.4, 0.5) is 0 Å².